The summed E-state index contributed by atoms with van der Waals surface area (Å²) in [7, 11) is -3.56. The molecule has 2 N–H and O–H groups in total. The second-order valence-electron chi connectivity index (χ2n) is 6.79. The summed E-state index contributed by atoms with van der Waals surface area (Å²) in [6, 6.07) is 11.1. The molecule has 0 aliphatic carbocycles. The summed E-state index contributed by atoms with van der Waals surface area (Å²) < 4.78 is 36.9. The number of carbonyl (C=O) groups excluding carboxylic acids is 1. The number of hydrogen-bond donors (Lipinski definition) is 2. The minimum Gasteiger partial charge on any atom is -0.454 e. The number of carbonyl (C=O) groups is 1. The van der Waals surface area contributed by atoms with Gasteiger partial charge >= 0.3 is 0 Å². The summed E-state index contributed by atoms with van der Waals surface area (Å²) in [6.45, 7) is 4.75. The Labute approximate surface area is 176 Å². The maximum absolute atomic E-state index is 12.5. The van der Waals surface area contributed by atoms with E-state index < -0.39 is 16.1 Å². The molecule has 1 unspecified atom stereocenters. The fourth-order valence-corrected chi connectivity index (χ4v) is 4.66. The molecule has 0 saturated heterocycles. The smallest absolute Gasteiger partial charge is 0.251 e. The first-order valence-electron chi connectivity index (χ1n) is 9.82. The highest BCUT2D eigenvalue weighted by atomic mass is 32.2. The van der Waals surface area contributed by atoms with Crippen LogP contribution in [0.3, 0.4) is 0 Å². The van der Waals surface area contributed by atoms with E-state index in [4.69, 9.17) is 9.47 Å². The normalized spacial score (nSPS) is 14.0. The largest absolute Gasteiger partial charge is 0.454 e. The van der Waals surface area contributed by atoms with Crippen LogP contribution in [0.15, 0.2) is 47.4 Å². The van der Waals surface area contributed by atoms with Crippen LogP contribution in [0.2, 0.25) is 0 Å². The van der Waals surface area contributed by atoms with E-state index in [2.05, 4.69) is 5.32 Å². The Morgan fingerprint density at radius 3 is 2.43 bits per heavy atom. The molecule has 8 nitrogen and oxygen atoms in total. The molecule has 3 rings (SSSR count). The molecular weight excluding hydrogens is 408 g/mol. The van der Waals surface area contributed by atoms with Crippen molar-refractivity contribution in [3.05, 3.63) is 53.6 Å². The molecule has 162 valence electrons. The van der Waals surface area contributed by atoms with Crippen LogP contribution in [0, 0.1) is 0 Å². The molecule has 30 heavy (non-hydrogen) atoms. The Hall–Kier alpha value is -2.62. The Kier molecular flexibility index (Phi) is 6.96. The highest BCUT2D eigenvalue weighted by Gasteiger charge is 2.22. The third kappa shape index (κ3) is 4.75. The molecule has 9 heteroatoms. The Balaban J connectivity index is 1.55. The van der Waals surface area contributed by atoms with Gasteiger partial charge in [-0.2, -0.15) is 4.31 Å². The maximum atomic E-state index is 12.5. The number of benzene rings is 2. The molecule has 0 saturated carbocycles. The number of hydrogen-bond acceptors (Lipinski definition) is 6. The van der Waals surface area contributed by atoms with Crippen molar-refractivity contribution in [3.8, 4) is 11.5 Å². The fourth-order valence-electron chi connectivity index (χ4n) is 3.20. The first kappa shape index (κ1) is 22.1. The van der Waals surface area contributed by atoms with Gasteiger partial charge in [0.1, 0.15) is 0 Å². The summed E-state index contributed by atoms with van der Waals surface area (Å²) >= 11 is 0. The van der Waals surface area contributed by atoms with Crippen molar-refractivity contribution in [2.75, 3.05) is 26.4 Å². The topological polar surface area (TPSA) is 105 Å². The molecule has 0 bridgehead atoms. The van der Waals surface area contributed by atoms with Crippen LogP contribution in [0.4, 0.5) is 0 Å². The highest BCUT2D eigenvalue weighted by Crippen LogP contribution is 2.34. The third-order valence-electron chi connectivity index (χ3n) is 4.94. The van der Waals surface area contributed by atoms with Crippen molar-refractivity contribution in [1.82, 2.24) is 9.62 Å². The van der Waals surface area contributed by atoms with E-state index in [1.807, 2.05) is 0 Å². The number of nitrogens with one attached hydrogen (secondary N) is 1. The zero-order valence-corrected chi connectivity index (χ0v) is 17.8. The third-order valence-corrected chi connectivity index (χ3v) is 7.01. The quantitative estimate of drug-likeness (QED) is 0.627. The highest BCUT2D eigenvalue weighted by molar-refractivity contribution is 7.89. The standard InChI is InChI=1S/C21H26N2O6S/c1-3-23(4-2)30(26,27)17-8-5-15(6-9-17)21(25)22-12-11-18(24)16-7-10-19-20(13-16)29-14-28-19/h5-10,13,18,24H,3-4,11-12,14H2,1-2H3,(H,22,25). The van der Waals surface area contributed by atoms with Gasteiger partial charge in [0, 0.05) is 25.2 Å². The van der Waals surface area contributed by atoms with Crippen molar-refractivity contribution in [2.24, 2.45) is 0 Å². The molecule has 1 heterocycles. The van der Waals surface area contributed by atoms with E-state index in [-0.39, 0.29) is 24.1 Å². The van der Waals surface area contributed by atoms with Gasteiger partial charge in [0.25, 0.3) is 5.91 Å². The molecule has 0 aromatic heterocycles. The van der Waals surface area contributed by atoms with Gasteiger partial charge in [-0.1, -0.05) is 19.9 Å². The fraction of sp³-hybridized carbons (Fsp3) is 0.381. The van der Waals surface area contributed by atoms with Gasteiger partial charge in [-0.25, -0.2) is 8.42 Å². The van der Waals surface area contributed by atoms with Gasteiger partial charge < -0.3 is 19.9 Å². The summed E-state index contributed by atoms with van der Waals surface area (Å²) in [4.78, 5) is 12.5. The molecule has 1 amide bonds. The first-order valence-corrected chi connectivity index (χ1v) is 11.3. The van der Waals surface area contributed by atoms with Crippen LogP contribution in [-0.4, -0.2) is 50.2 Å². The number of ether oxygens (including phenoxy) is 2. The van der Waals surface area contributed by atoms with Crippen LogP contribution in [0.1, 0.15) is 42.3 Å². The summed E-state index contributed by atoms with van der Waals surface area (Å²) in [6.07, 6.45) is -0.443. The molecular formula is C21H26N2O6S. The Morgan fingerprint density at radius 2 is 1.77 bits per heavy atom. The molecule has 0 fully saturated rings. The summed E-state index contributed by atoms with van der Waals surface area (Å²) in [5, 5.41) is 13.1. The average Bonchev–Trinajstić information content (AvgIpc) is 3.22. The van der Waals surface area contributed by atoms with E-state index in [1.54, 1.807) is 32.0 Å². The van der Waals surface area contributed by atoms with Crippen LogP contribution in [0.25, 0.3) is 0 Å². The van der Waals surface area contributed by atoms with Crippen LogP contribution < -0.4 is 14.8 Å². The minimum absolute atomic E-state index is 0.154. The number of aliphatic hydroxyl groups excluding tert-OH is 1. The lowest BCUT2D eigenvalue weighted by Crippen LogP contribution is -2.30. The van der Waals surface area contributed by atoms with E-state index in [1.165, 1.54) is 28.6 Å². The predicted molar refractivity (Wildman–Crippen MR) is 111 cm³/mol. The monoisotopic (exact) mass is 434 g/mol. The number of rotatable bonds is 9. The number of sulfonamides is 1. The lowest BCUT2D eigenvalue weighted by molar-refractivity contribution is 0.0942. The molecule has 1 aliphatic heterocycles. The molecule has 0 radical (unpaired) electrons. The second-order valence-corrected chi connectivity index (χ2v) is 8.72. The lowest BCUT2D eigenvalue weighted by Gasteiger charge is -2.18. The summed E-state index contributed by atoms with van der Waals surface area (Å²) in [5.41, 5.74) is 1.03. The van der Waals surface area contributed by atoms with E-state index in [0.717, 1.165) is 0 Å². The number of fused-ring (bicyclic) bond motifs is 1. The van der Waals surface area contributed by atoms with Crippen molar-refractivity contribution in [1.29, 1.82) is 0 Å². The number of amides is 1. The molecule has 1 aliphatic rings. The molecule has 2 aromatic carbocycles. The minimum atomic E-state index is -3.56. The van der Waals surface area contributed by atoms with Crippen molar-refractivity contribution in [2.45, 2.75) is 31.3 Å². The molecule has 1 atom stereocenters. The zero-order valence-electron chi connectivity index (χ0n) is 17.0. The lowest BCUT2D eigenvalue weighted by atomic mass is 10.1. The van der Waals surface area contributed by atoms with Crippen LogP contribution in [0.5, 0.6) is 11.5 Å². The van der Waals surface area contributed by atoms with Crippen molar-refractivity contribution < 1.29 is 27.8 Å². The van der Waals surface area contributed by atoms with E-state index >= 15 is 0 Å². The van der Waals surface area contributed by atoms with Crippen molar-refractivity contribution in [3.63, 3.8) is 0 Å². The average molecular weight is 435 g/mol. The molecule has 0 spiro atoms. The van der Waals surface area contributed by atoms with Gasteiger partial charge in [0.2, 0.25) is 16.8 Å². The summed E-state index contributed by atoms with van der Waals surface area (Å²) in [5.74, 6) is 0.903. The Morgan fingerprint density at radius 1 is 1.10 bits per heavy atom. The predicted octanol–water partition coefficient (Wildman–Crippen LogP) is 2.30. The zero-order chi connectivity index (χ0) is 21.7. The maximum Gasteiger partial charge on any atom is 0.251 e. The van der Waals surface area contributed by atoms with Gasteiger partial charge in [0.15, 0.2) is 11.5 Å². The number of aliphatic hydroxyl groups is 1. The second kappa shape index (κ2) is 9.46. The SMILES string of the molecule is CCN(CC)S(=O)(=O)c1ccc(C(=O)NCCC(O)c2ccc3c(c2)OCO3)cc1. The van der Waals surface area contributed by atoms with Crippen LogP contribution >= 0.6 is 0 Å². The van der Waals surface area contributed by atoms with E-state index in [0.29, 0.717) is 42.1 Å². The molecule has 2 aromatic rings. The van der Waals surface area contributed by atoms with Gasteiger partial charge in [-0.05, 0) is 48.4 Å². The van der Waals surface area contributed by atoms with Gasteiger partial charge in [-0.15, -0.1) is 0 Å². The van der Waals surface area contributed by atoms with Crippen LogP contribution in [-0.2, 0) is 10.0 Å². The number of nitrogens with zero attached hydrogens (tertiary/aromatic N) is 1. The van der Waals surface area contributed by atoms with Gasteiger partial charge in [-0.3, -0.25) is 4.79 Å². The van der Waals surface area contributed by atoms with Gasteiger partial charge in [0.05, 0.1) is 11.0 Å². The Bertz CT molecular complexity index is 987. The first-order chi connectivity index (χ1) is 14.4. The van der Waals surface area contributed by atoms with E-state index in [9.17, 15) is 18.3 Å². The van der Waals surface area contributed by atoms with Crippen molar-refractivity contribution >= 4 is 15.9 Å².